The Balaban J connectivity index is 0.000000585. The van der Waals surface area contributed by atoms with Crippen LogP contribution in [0, 0.1) is 0 Å². The molecule has 0 spiro atoms. The fourth-order valence-corrected chi connectivity index (χ4v) is 10.1. The van der Waals surface area contributed by atoms with Gasteiger partial charge in [0.2, 0.25) is 11.4 Å². The molecule has 0 amide bonds. The summed E-state index contributed by atoms with van der Waals surface area (Å²) >= 11 is 2.01. The predicted molar refractivity (Wildman–Crippen MR) is 274 cm³/mol. The summed E-state index contributed by atoms with van der Waals surface area (Å²) in [6.45, 7) is 16.0. The molecule has 2 nitrogen and oxygen atoms in total. The molecule has 0 saturated heterocycles. The van der Waals surface area contributed by atoms with Gasteiger partial charge in [0.1, 0.15) is 0 Å². The molecule has 0 atom stereocenters. The fraction of sp³-hybridized carbons (Fsp3) is 0.729. The number of hydrogen-bond donors (Lipinski definition) is 0. The number of allylic oxidation sites excluding steroid dienone is 2. The quantitative estimate of drug-likeness (QED) is 0.0365. The Morgan fingerprint density at radius 3 is 1.03 bits per heavy atom. The normalized spacial score (nSPS) is 12.7. The van der Waals surface area contributed by atoms with Crippen LogP contribution in [0.4, 0.5) is 0 Å². The Morgan fingerprint density at radius 2 is 0.661 bits per heavy atom. The van der Waals surface area contributed by atoms with Gasteiger partial charge < -0.3 is 5.53 Å². The molecule has 3 heteroatoms. The number of rotatable bonds is 38. The summed E-state index contributed by atoms with van der Waals surface area (Å²) in [4.78, 5) is 0. The molecule has 0 N–H and O–H groups in total. The zero-order chi connectivity index (χ0) is 44.9. The predicted octanol–water partition coefficient (Wildman–Crippen LogP) is 20.4. The summed E-state index contributed by atoms with van der Waals surface area (Å²) in [6.07, 6.45) is 46.6. The molecule has 0 unspecified atom stereocenters. The van der Waals surface area contributed by atoms with E-state index in [-0.39, 0.29) is 0 Å². The van der Waals surface area contributed by atoms with E-state index in [2.05, 4.69) is 90.9 Å². The maximum absolute atomic E-state index is 12.0. The molecule has 0 radical (unpaired) electrons. The van der Waals surface area contributed by atoms with E-state index < -0.39 is 0 Å². The van der Waals surface area contributed by atoms with Crippen LogP contribution >= 0.6 is 0 Å². The van der Waals surface area contributed by atoms with Gasteiger partial charge in [0.15, 0.2) is 0 Å². The van der Waals surface area contributed by atoms with Gasteiger partial charge in [-0.25, -0.2) is 4.70 Å². The van der Waals surface area contributed by atoms with Gasteiger partial charge in [-0.1, -0.05) is 111 Å². The van der Waals surface area contributed by atoms with E-state index in [0.29, 0.717) is 0 Å². The van der Waals surface area contributed by atoms with Crippen LogP contribution in [0.25, 0.3) is 16.9 Å². The molecular formula is C59H100N2Ni. The zero-order valence-electron chi connectivity index (χ0n) is 42.2. The van der Waals surface area contributed by atoms with Gasteiger partial charge in [-0.15, -0.1) is 0 Å². The van der Waals surface area contributed by atoms with Crippen molar-refractivity contribution in [2.24, 2.45) is 0 Å². The van der Waals surface area contributed by atoms with Gasteiger partial charge in [-0.3, -0.25) is 0 Å². The number of unbranched alkanes of at least 4 members (excludes halogenated alkanes) is 22. The molecule has 2 aromatic rings. The standard InChI is InChI=1S/C41H62N2.2C9H19.Ni/c1-6-11-16-21-33-26-34(22-17-12-7-2)29-38(28-33)40-32-37(25-20-15-10-5)41(43(40)42)39-30-35(23-18-13-8-3)27-36(31-39)24-19-14-9-4;2*1-3-5-7-9-8-6-4-2;/h26-32H,6-25H2,1-5H3;2*1,3-9H2,2H3;. The Labute approximate surface area is 393 Å². The van der Waals surface area contributed by atoms with Crippen molar-refractivity contribution in [2.75, 3.05) is 0 Å². The molecule has 0 aliphatic carbocycles. The number of aryl methyl sites for hydroxylation is 4. The summed E-state index contributed by atoms with van der Waals surface area (Å²) in [6, 6.07) is 14.4. The number of benzene rings is 2. The Morgan fingerprint density at radius 1 is 0.355 bits per heavy atom. The number of nitrogens with zero attached hydrogens (tertiary/aromatic N) is 2. The van der Waals surface area contributed by atoms with Crippen LogP contribution in [-0.2, 0) is 40.1 Å². The van der Waals surface area contributed by atoms with E-state index in [1.165, 1.54) is 230 Å². The molecule has 1 heterocycles. The van der Waals surface area contributed by atoms with E-state index in [1.807, 2.05) is 14.4 Å². The van der Waals surface area contributed by atoms with E-state index in [9.17, 15) is 5.53 Å². The third kappa shape index (κ3) is 24.9. The molecule has 0 fully saturated rings. The van der Waals surface area contributed by atoms with Crippen molar-refractivity contribution in [1.82, 2.24) is 0 Å². The molecule has 0 bridgehead atoms. The molecule has 3 rings (SSSR count). The van der Waals surface area contributed by atoms with Crippen molar-refractivity contribution in [3.05, 3.63) is 87.0 Å². The minimum atomic E-state index is 0.958. The summed E-state index contributed by atoms with van der Waals surface area (Å²) in [5.41, 5.74) is 23.3. The van der Waals surface area contributed by atoms with Crippen LogP contribution in [0.1, 0.15) is 274 Å². The summed E-state index contributed by atoms with van der Waals surface area (Å²) < 4.78 is 1.56. The van der Waals surface area contributed by atoms with Crippen molar-refractivity contribution < 1.29 is 19.1 Å². The van der Waals surface area contributed by atoms with E-state index in [1.54, 1.807) is 4.70 Å². The van der Waals surface area contributed by atoms with Crippen LogP contribution in [-0.4, -0.2) is 4.70 Å². The molecule has 0 aromatic heterocycles. The topological polar surface area (TPSA) is 25.3 Å². The molecule has 1 aliphatic rings. The second kappa shape index (κ2) is 38.3. The van der Waals surface area contributed by atoms with Crippen molar-refractivity contribution in [2.45, 2.75) is 278 Å². The SMILES string of the molecule is CCCCCC1=C(c2cc(CCCCC)cc(CCCCC)c2)[N+](=[N-])C(c2cc(CCCCC)cc(CCCCC)c2)=C1.CCCCCCCC[CH2][Ni][CH2]CCCCCCCC. The van der Waals surface area contributed by atoms with E-state index in [0.717, 1.165) is 49.9 Å². The average molecular weight is 896 g/mol. The van der Waals surface area contributed by atoms with Crippen molar-refractivity contribution >= 4 is 11.4 Å². The third-order valence-corrected chi connectivity index (χ3v) is 14.1. The van der Waals surface area contributed by atoms with Crippen LogP contribution in [0.15, 0.2) is 48.0 Å². The summed E-state index contributed by atoms with van der Waals surface area (Å²) in [5.74, 6) is 0. The Hall–Kier alpha value is -1.99. The van der Waals surface area contributed by atoms with Crippen LogP contribution in [0.5, 0.6) is 0 Å². The van der Waals surface area contributed by atoms with Gasteiger partial charge in [0, 0.05) is 22.8 Å². The second-order valence-electron chi connectivity index (χ2n) is 18.8. The fourth-order valence-electron chi connectivity index (χ4n) is 8.83. The molecule has 2 aromatic carbocycles. The minimum absolute atomic E-state index is 0.958. The first-order valence-corrected chi connectivity index (χ1v) is 28.5. The molecule has 1 aliphatic heterocycles. The van der Waals surface area contributed by atoms with Gasteiger partial charge >= 0.3 is 129 Å². The van der Waals surface area contributed by atoms with E-state index >= 15 is 0 Å². The van der Waals surface area contributed by atoms with E-state index in [4.69, 9.17) is 0 Å². The summed E-state index contributed by atoms with van der Waals surface area (Å²) in [7, 11) is 0. The van der Waals surface area contributed by atoms with Crippen molar-refractivity contribution in [3.8, 4) is 0 Å². The molecule has 62 heavy (non-hydrogen) atoms. The third-order valence-electron chi connectivity index (χ3n) is 12.7. The first-order chi connectivity index (χ1) is 30.5. The van der Waals surface area contributed by atoms with Crippen LogP contribution in [0.3, 0.4) is 0 Å². The summed E-state index contributed by atoms with van der Waals surface area (Å²) in [5, 5.41) is 2.85. The Kier molecular flexibility index (Phi) is 34.7. The van der Waals surface area contributed by atoms with Crippen molar-refractivity contribution in [3.63, 3.8) is 0 Å². The maximum atomic E-state index is 12.0. The van der Waals surface area contributed by atoms with Gasteiger partial charge in [-0.2, -0.15) is 0 Å². The van der Waals surface area contributed by atoms with Crippen LogP contribution < -0.4 is 0 Å². The van der Waals surface area contributed by atoms with Gasteiger partial charge in [-0.05, 0) is 111 Å². The first kappa shape index (κ1) is 56.1. The molecule has 0 saturated carbocycles. The monoisotopic (exact) mass is 895 g/mol. The number of hydrogen-bond acceptors (Lipinski definition) is 0. The van der Waals surface area contributed by atoms with Gasteiger partial charge in [0.25, 0.3) is 0 Å². The second-order valence-corrected chi connectivity index (χ2v) is 20.3. The van der Waals surface area contributed by atoms with Crippen molar-refractivity contribution in [1.29, 1.82) is 0 Å². The van der Waals surface area contributed by atoms with Crippen LogP contribution in [0.2, 0.25) is 10.8 Å². The molecular weight excluding hydrogens is 795 g/mol. The van der Waals surface area contributed by atoms with Gasteiger partial charge in [0.05, 0.1) is 0 Å². The first-order valence-electron chi connectivity index (χ1n) is 27.1. The average Bonchev–Trinajstić information content (AvgIpc) is 3.61. The Bertz CT molecular complexity index is 1410. The zero-order valence-corrected chi connectivity index (χ0v) is 43.2. The molecule has 356 valence electrons.